The fraction of sp³-hybridized carbons (Fsp3) is 0.818. The SMILES string of the molecule is CCCN1C(=O)C(CC(=O)O)NCCC1C. The fourth-order valence-electron chi connectivity index (χ4n) is 2.03. The van der Waals surface area contributed by atoms with Gasteiger partial charge in [-0.25, -0.2) is 0 Å². The Kier molecular flexibility index (Phi) is 4.73. The first-order valence-electron chi connectivity index (χ1n) is 5.82. The summed E-state index contributed by atoms with van der Waals surface area (Å²) in [6, 6.07) is -0.368. The van der Waals surface area contributed by atoms with Crippen LogP contribution in [0.2, 0.25) is 0 Å². The van der Waals surface area contributed by atoms with Gasteiger partial charge >= 0.3 is 5.97 Å². The van der Waals surface area contributed by atoms with Gasteiger partial charge in [0.05, 0.1) is 12.5 Å². The van der Waals surface area contributed by atoms with Crippen LogP contribution in [0, 0.1) is 0 Å². The number of nitrogens with zero attached hydrogens (tertiary/aromatic N) is 1. The highest BCUT2D eigenvalue weighted by Crippen LogP contribution is 2.12. The molecular weight excluding hydrogens is 208 g/mol. The molecule has 2 N–H and O–H groups in total. The van der Waals surface area contributed by atoms with Gasteiger partial charge in [-0.15, -0.1) is 0 Å². The van der Waals surface area contributed by atoms with Crippen LogP contribution in [0.3, 0.4) is 0 Å². The van der Waals surface area contributed by atoms with Gasteiger partial charge in [0, 0.05) is 12.6 Å². The Morgan fingerprint density at radius 1 is 1.62 bits per heavy atom. The highest BCUT2D eigenvalue weighted by Gasteiger charge is 2.31. The van der Waals surface area contributed by atoms with Crippen LogP contribution in [-0.2, 0) is 9.59 Å². The molecule has 1 amide bonds. The third-order valence-electron chi connectivity index (χ3n) is 2.91. The molecule has 1 aliphatic rings. The van der Waals surface area contributed by atoms with Gasteiger partial charge in [-0.1, -0.05) is 6.92 Å². The lowest BCUT2D eigenvalue weighted by atomic mass is 10.1. The molecule has 92 valence electrons. The zero-order valence-corrected chi connectivity index (χ0v) is 9.90. The number of nitrogens with one attached hydrogen (secondary N) is 1. The standard InChI is InChI=1S/C11H20N2O3/c1-3-6-13-8(2)4-5-12-9(11(13)16)7-10(14)15/h8-9,12H,3-7H2,1-2H3,(H,14,15). The first-order valence-corrected chi connectivity index (χ1v) is 5.82. The van der Waals surface area contributed by atoms with E-state index in [1.807, 2.05) is 13.8 Å². The molecule has 2 atom stereocenters. The lowest BCUT2D eigenvalue weighted by molar-refractivity contribution is -0.143. The van der Waals surface area contributed by atoms with Gasteiger partial charge in [0.1, 0.15) is 0 Å². The quantitative estimate of drug-likeness (QED) is 0.733. The molecule has 16 heavy (non-hydrogen) atoms. The summed E-state index contributed by atoms with van der Waals surface area (Å²) < 4.78 is 0. The van der Waals surface area contributed by atoms with Crippen molar-refractivity contribution in [2.45, 2.75) is 45.2 Å². The third-order valence-corrected chi connectivity index (χ3v) is 2.91. The maximum Gasteiger partial charge on any atom is 0.305 e. The second kappa shape index (κ2) is 5.84. The van der Waals surface area contributed by atoms with E-state index in [0.717, 1.165) is 12.8 Å². The maximum atomic E-state index is 12.1. The molecule has 1 fully saturated rings. The van der Waals surface area contributed by atoms with Crippen molar-refractivity contribution in [2.24, 2.45) is 0 Å². The minimum Gasteiger partial charge on any atom is -0.481 e. The van der Waals surface area contributed by atoms with Crippen LogP contribution in [-0.4, -0.2) is 47.1 Å². The Bertz CT molecular complexity index is 268. The zero-order chi connectivity index (χ0) is 12.1. The molecular formula is C11H20N2O3. The normalized spacial score (nSPS) is 26.6. The molecule has 1 saturated heterocycles. The number of hydrogen-bond donors (Lipinski definition) is 2. The number of carbonyl (C=O) groups is 2. The smallest absolute Gasteiger partial charge is 0.305 e. The minimum absolute atomic E-state index is 0.0748. The number of carboxylic acids is 1. The molecule has 0 aromatic rings. The van der Waals surface area contributed by atoms with E-state index >= 15 is 0 Å². The van der Waals surface area contributed by atoms with Crippen molar-refractivity contribution in [3.63, 3.8) is 0 Å². The molecule has 5 heteroatoms. The molecule has 5 nitrogen and oxygen atoms in total. The van der Waals surface area contributed by atoms with Crippen LogP contribution in [0.1, 0.15) is 33.1 Å². The van der Waals surface area contributed by atoms with E-state index in [1.165, 1.54) is 0 Å². The van der Waals surface area contributed by atoms with Crippen LogP contribution < -0.4 is 5.32 Å². The minimum atomic E-state index is -0.933. The van der Waals surface area contributed by atoms with Crippen LogP contribution in [0.25, 0.3) is 0 Å². The van der Waals surface area contributed by atoms with Crippen LogP contribution in [0.4, 0.5) is 0 Å². The van der Waals surface area contributed by atoms with Gasteiger partial charge in [0.15, 0.2) is 0 Å². The summed E-state index contributed by atoms with van der Waals surface area (Å²) in [5.74, 6) is -1.01. The third kappa shape index (κ3) is 3.20. The Labute approximate surface area is 95.8 Å². The summed E-state index contributed by atoms with van der Waals surface area (Å²) in [4.78, 5) is 24.5. The average Bonchev–Trinajstić information content (AvgIpc) is 2.32. The predicted molar refractivity (Wildman–Crippen MR) is 60.1 cm³/mol. The van der Waals surface area contributed by atoms with E-state index in [4.69, 9.17) is 5.11 Å². The van der Waals surface area contributed by atoms with Crippen molar-refractivity contribution in [2.75, 3.05) is 13.1 Å². The largest absolute Gasteiger partial charge is 0.481 e. The number of rotatable bonds is 4. The lowest BCUT2D eigenvalue weighted by Crippen LogP contribution is -2.47. The van der Waals surface area contributed by atoms with Gasteiger partial charge in [0.25, 0.3) is 0 Å². The molecule has 0 saturated carbocycles. The molecule has 0 bridgehead atoms. The number of hydrogen-bond acceptors (Lipinski definition) is 3. The molecule has 1 heterocycles. The molecule has 0 aromatic carbocycles. The van der Waals surface area contributed by atoms with Crippen LogP contribution in [0.5, 0.6) is 0 Å². The number of aliphatic carboxylic acids is 1. The summed E-state index contributed by atoms with van der Waals surface area (Å²) in [5, 5.41) is 11.8. The fourth-order valence-corrected chi connectivity index (χ4v) is 2.03. The zero-order valence-electron chi connectivity index (χ0n) is 9.90. The summed E-state index contributed by atoms with van der Waals surface area (Å²) in [5.41, 5.74) is 0. The Morgan fingerprint density at radius 3 is 2.88 bits per heavy atom. The van der Waals surface area contributed by atoms with Crippen molar-refractivity contribution in [1.29, 1.82) is 0 Å². The molecule has 0 radical (unpaired) electrons. The van der Waals surface area contributed by atoms with Gasteiger partial charge in [-0.3, -0.25) is 9.59 Å². The van der Waals surface area contributed by atoms with Crippen LogP contribution in [0.15, 0.2) is 0 Å². The second-order valence-electron chi connectivity index (χ2n) is 4.27. The predicted octanol–water partition coefficient (Wildman–Crippen LogP) is 0.450. The van der Waals surface area contributed by atoms with Crippen molar-refractivity contribution in [3.8, 4) is 0 Å². The van der Waals surface area contributed by atoms with Gasteiger partial charge in [-0.2, -0.15) is 0 Å². The number of carbonyl (C=O) groups excluding carboxylic acids is 1. The first-order chi connectivity index (χ1) is 7.56. The summed E-state index contributed by atoms with van der Waals surface area (Å²) >= 11 is 0. The lowest BCUT2D eigenvalue weighted by Gasteiger charge is -2.28. The van der Waals surface area contributed by atoms with Crippen molar-refractivity contribution >= 4 is 11.9 Å². The Morgan fingerprint density at radius 2 is 2.31 bits per heavy atom. The maximum absolute atomic E-state index is 12.1. The summed E-state index contributed by atoms with van der Waals surface area (Å²) in [7, 11) is 0. The Hall–Kier alpha value is -1.10. The van der Waals surface area contributed by atoms with Gasteiger partial charge < -0.3 is 15.3 Å². The van der Waals surface area contributed by atoms with Crippen LogP contribution >= 0.6 is 0 Å². The van der Waals surface area contributed by atoms with Crippen molar-refractivity contribution in [3.05, 3.63) is 0 Å². The summed E-state index contributed by atoms with van der Waals surface area (Å²) in [6.45, 7) is 5.44. The van der Waals surface area contributed by atoms with E-state index in [0.29, 0.717) is 13.1 Å². The van der Waals surface area contributed by atoms with Crippen molar-refractivity contribution < 1.29 is 14.7 Å². The van der Waals surface area contributed by atoms with E-state index < -0.39 is 12.0 Å². The average molecular weight is 228 g/mol. The van der Waals surface area contributed by atoms with E-state index in [-0.39, 0.29) is 18.4 Å². The molecule has 1 aliphatic heterocycles. The van der Waals surface area contributed by atoms with Crippen molar-refractivity contribution in [1.82, 2.24) is 10.2 Å². The molecule has 0 aromatic heterocycles. The molecule has 0 spiro atoms. The van der Waals surface area contributed by atoms with Gasteiger partial charge in [0.2, 0.25) is 5.91 Å². The van der Waals surface area contributed by atoms with E-state index in [2.05, 4.69) is 5.32 Å². The molecule has 2 unspecified atom stereocenters. The second-order valence-corrected chi connectivity index (χ2v) is 4.27. The summed E-state index contributed by atoms with van der Waals surface area (Å²) in [6.07, 6.45) is 1.64. The van der Waals surface area contributed by atoms with E-state index in [9.17, 15) is 9.59 Å². The topological polar surface area (TPSA) is 69.6 Å². The Balaban J connectivity index is 2.73. The highest BCUT2D eigenvalue weighted by atomic mass is 16.4. The van der Waals surface area contributed by atoms with E-state index in [1.54, 1.807) is 4.90 Å². The molecule has 1 rings (SSSR count). The van der Waals surface area contributed by atoms with Gasteiger partial charge in [-0.05, 0) is 26.3 Å². The highest BCUT2D eigenvalue weighted by molar-refractivity contribution is 5.86. The monoisotopic (exact) mass is 228 g/mol. The first kappa shape index (κ1) is 13.0. The molecule has 0 aliphatic carbocycles. The number of carboxylic acid groups (broad SMARTS) is 1. The number of amides is 1.